The number of nitrogens with zero attached hydrogens (tertiary/aromatic N) is 3. The predicted octanol–water partition coefficient (Wildman–Crippen LogP) is 4.02. The lowest BCUT2D eigenvalue weighted by molar-refractivity contribution is -0.158. The van der Waals surface area contributed by atoms with Gasteiger partial charge >= 0.3 is 0 Å². The molecule has 4 aliphatic carbocycles. The van der Waals surface area contributed by atoms with Gasteiger partial charge in [-0.15, -0.1) is 0 Å². The largest absolute Gasteiger partial charge is 0.353 e. The third-order valence-electron chi connectivity index (χ3n) is 7.38. The lowest BCUT2D eigenvalue weighted by atomic mass is 9.49. The van der Waals surface area contributed by atoms with Crippen molar-refractivity contribution in [2.75, 3.05) is 31.1 Å². The van der Waals surface area contributed by atoms with Crippen molar-refractivity contribution >= 4 is 27.7 Å². The van der Waals surface area contributed by atoms with E-state index in [1.807, 2.05) is 6.20 Å². The molecule has 0 unspecified atom stereocenters. The fourth-order valence-corrected chi connectivity index (χ4v) is 7.14. The number of halogens is 1. The zero-order valence-corrected chi connectivity index (χ0v) is 17.2. The van der Waals surface area contributed by atoms with E-state index in [0.717, 1.165) is 54.2 Å². The number of piperazine rings is 1. The molecule has 5 aliphatic rings. The van der Waals surface area contributed by atoms with Gasteiger partial charge in [0.1, 0.15) is 5.82 Å². The highest BCUT2D eigenvalue weighted by Crippen LogP contribution is 2.60. The molecule has 140 valence electrons. The summed E-state index contributed by atoms with van der Waals surface area (Å²) in [5, 5.41) is 0. The highest BCUT2D eigenvalue weighted by atomic mass is 79.9. The molecule has 1 aromatic heterocycles. The number of aromatic nitrogens is 1. The number of pyridine rings is 1. The van der Waals surface area contributed by atoms with Gasteiger partial charge in [0.05, 0.1) is 5.41 Å². The van der Waals surface area contributed by atoms with Crippen molar-refractivity contribution in [3.05, 3.63) is 22.3 Å². The number of aryl methyl sites for hydroxylation is 1. The predicted molar refractivity (Wildman–Crippen MR) is 106 cm³/mol. The Hall–Kier alpha value is -1.10. The molecule has 1 amide bonds. The first kappa shape index (κ1) is 17.0. The van der Waals surface area contributed by atoms with Gasteiger partial charge in [0.15, 0.2) is 0 Å². The molecule has 0 atom stereocenters. The first-order chi connectivity index (χ1) is 12.5. The Morgan fingerprint density at radius 1 is 1.08 bits per heavy atom. The quantitative estimate of drug-likeness (QED) is 0.728. The minimum Gasteiger partial charge on any atom is -0.353 e. The van der Waals surface area contributed by atoms with Gasteiger partial charge in [-0.2, -0.15) is 0 Å². The molecule has 1 aromatic rings. The average Bonchev–Trinajstić information content (AvgIpc) is 2.60. The molecule has 26 heavy (non-hydrogen) atoms. The molecule has 0 spiro atoms. The molecule has 4 bridgehead atoms. The molecular weight excluding hydrogens is 390 g/mol. The van der Waals surface area contributed by atoms with Crippen LogP contribution in [0, 0.1) is 30.1 Å². The van der Waals surface area contributed by atoms with Gasteiger partial charge in [-0.25, -0.2) is 4.98 Å². The molecule has 1 aliphatic heterocycles. The monoisotopic (exact) mass is 417 g/mol. The van der Waals surface area contributed by atoms with Crippen molar-refractivity contribution in [3.8, 4) is 0 Å². The van der Waals surface area contributed by atoms with Gasteiger partial charge in [-0.05, 0) is 90.8 Å². The smallest absolute Gasteiger partial charge is 0.228 e. The van der Waals surface area contributed by atoms with Crippen LogP contribution < -0.4 is 4.90 Å². The standard InChI is InChI=1S/C21H28BrN3O/c1-14-6-18(22)13-23-19(14)24-2-4-25(5-3-24)20(26)21-10-15-7-16(11-21)9-17(8-15)12-21/h6,13,15-17H,2-5,7-12H2,1H3. The summed E-state index contributed by atoms with van der Waals surface area (Å²) in [4.78, 5) is 22.6. The summed E-state index contributed by atoms with van der Waals surface area (Å²) in [6.45, 7) is 5.59. The summed E-state index contributed by atoms with van der Waals surface area (Å²) in [5.74, 6) is 4.05. The topological polar surface area (TPSA) is 36.4 Å². The maximum Gasteiger partial charge on any atom is 0.228 e. The van der Waals surface area contributed by atoms with Crippen LogP contribution in [0.3, 0.4) is 0 Å². The van der Waals surface area contributed by atoms with E-state index in [1.165, 1.54) is 44.1 Å². The van der Waals surface area contributed by atoms with Crippen LogP contribution in [0.2, 0.25) is 0 Å². The second-order valence-electron chi connectivity index (χ2n) is 9.27. The third-order valence-corrected chi connectivity index (χ3v) is 7.81. The average molecular weight is 418 g/mol. The molecular formula is C21H28BrN3O. The first-order valence-corrected chi connectivity index (χ1v) is 11.0. The fraction of sp³-hybridized carbons (Fsp3) is 0.714. The molecule has 0 aromatic carbocycles. The molecule has 0 N–H and O–H groups in total. The number of carbonyl (C=O) groups excluding carboxylic acids is 1. The minimum absolute atomic E-state index is 0.00268. The third kappa shape index (κ3) is 2.78. The Kier molecular flexibility index (Phi) is 4.07. The van der Waals surface area contributed by atoms with Gasteiger partial charge in [-0.1, -0.05) is 0 Å². The van der Waals surface area contributed by atoms with Crippen molar-refractivity contribution < 1.29 is 4.79 Å². The van der Waals surface area contributed by atoms with Gasteiger partial charge in [0, 0.05) is 36.8 Å². The van der Waals surface area contributed by atoms with Crippen LogP contribution in [-0.2, 0) is 4.79 Å². The van der Waals surface area contributed by atoms with Crippen LogP contribution in [0.4, 0.5) is 5.82 Å². The molecule has 0 radical (unpaired) electrons. The molecule has 2 heterocycles. The summed E-state index contributed by atoms with van der Waals surface area (Å²) >= 11 is 3.49. The summed E-state index contributed by atoms with van der Waals surface area (Å²) in [7, 11) is 0. The summed E-state index contributed by atoms with van der Waals surface area (Å²) in [6.07, 6.45) is 9.58. The Morgan fingerprint density at radius 2 is 1.65 bits per heavy atom. The van der Waals surface area contributed by atoms with E-state index in [9.17, 15) is 4.79 Å². The maximum atomic E-state index is 13.5. The number of carbonyl (C=O) groups is 1. The van der Waals surface area contributed by atoms with Crippen LogP contribution in [-0.4, -0.2) is 42.0 Å². The SMILES string of the molecule is Cc1cc(Br)cnc1N1CCN(C(=O)C23CC4CC(CC(C4)C2)C3)CC1. The second kappa shape index (κ2) is 6.22. The second-order valence-corrected chi connectivity index (χ2v) is 10.2. The van der Waals surface area contributed by atoms with Crippen LogP contribution in [0.1, 0.15) is 44.1 Å². The Balaban J connectivity index is 1.28. The number of anilines is 1. The zero-order valence-electron chi connectivity index (χ0n) is 15.6. The van der Waals surface area contributed by atoms with Crippen LogP contribution in [0.5, 0.6) is 0 Å². The first-order valence-electron chi connectivity index (χ1n) is 10.2. The lowest BCUT2D eigenvalue weighted by Crippen LogP contribution is -2.58. The zero-order chi connectivity index (χ0) is 17.9. The number of rotatable bonds is 2. The molecule has 4 nitrogen and oxygen atoms in total. The number of amides is 1. The summed E-state index contributed by atoms with van der Waals surface area (Å²) in [5.41, 5.74) is 1.20. The highest BCUT2D eigenvalue weighted by molar-refractivity contribution is 9.10. The normalized spacial score (nSPS) is 35.8. The Morgan fingerprint density at radius 3 is 2.19 bits per heavy atom. The van der Waals surface area contributed by atoms with E-state index >= 15 is 0 Å². The van der Waals surface area contributed by atoms with E-state index in [4.69, 9.17) is 0 Å². The van der Waals surface area contributed by atoms with Gasteiger partial charge in [0.2, 0.25) is 5.91 Å². The molecule has 6 rings (SSSR count). The highest BCUT2D eigenvalue weighted by Gasteiger charge is 2.55. The van der Waals surface area contributed by atoms with Crippen molar-refractivity contribution in [2.24, 2.45) is 23.2 Å². The Bertz CT molecular complexity index is 691. The maximum absolute atomic E-state index is 13.5. The number of hydrogen-bond donors (Lipinski definition) is 0. The Labute approximate surface area is 164 Å². The molecule has 5 fully saturated rings. The molecule has 1 saturated heterocycles. The van der Waals surface area contributed by atoms with Crippen molar-refractivity contribution in [3.63, 3.8) is 0 Å². The molecule has 5 heteroatoms. The van der Waals surface area contributed by atoms with E-state index in [0.29, 0.717) is 5.91 Å². The van der Waals surface area contributed by atoms with Crippen LogP contribution in [0.25, 0.3) is 0 Å². The van der Waals surface area contributed by atoms with Crippen LogP contribution in [0.15, 0.2) is 16.7 Å². The number of hydrogen-bond acceptors (Lipinski definition) is 3. The van der Waals surface area contributed by atoms with E-state index in [-0.39, 0.29) is 5.41 Å². The van der Waals surface area contributed by atoms with E-state index in [1.54, 1.807) is 0 Å². The van der Waals surface area contributed by atoms with E-state index in [2.05, 4.69) is 43.7 Å². The summed E-state index contributed by atoms with van der Waals surface area (Å²) in [6, 6.07) is 2.12. The van der Waals surface area contributed by atoms with Crippen molar-refractivity contribution in [1.29, 1.82) is 0 Å². The van der Waals surface area contributed by atoms with Crippen molar-refractivity contribution in [2.45, 2.75) is 45.4 Å². The fourth-order valence-electron chi connectivity index (χ4n) is 6.69. The lowest BCUT2D eigenvalue weighted by Gasteiger charge is -2.57. The van der Waals surface area contributed by atoms with Crippen LogP contribution >= 0.6 is 15.9 Å². The van der Waals surface area contributed by atoms with E-state index < -0.39 is 0 Å². The van der Waals surface area contributed by atoms with Crippen molar-refractivity contribution in [1.82, 2.24) is 9.88 Å². The molecule has 4 saturated carbocycles. The van der Waals surface area contributed by atoms with Gasteiger partial charge in [-0.3, -0.25) is 4.79 Å². The summed E-state index contributed by atoms with van der Waals surface area (Å²) < 4.78 is 1.02. The van der Waals surface area contributed by atoms with Gasteiger partial charge < -0.3 is 9.80 Å². The van der Waals surface area contributed by atoms with Gasteiger partial charge in [0.25, 0.3) is 0 Å². The minimum atomic E-state index is 0.00268.